The van der Waals surface area contributed by atoms with E-state index in [0.29, 0.717) is 35.1 Å². The molecule has 0 radical (unpaired) electrons. The summed E-state index contributed by atoms with van der Waals surface area (Å²) >= 11 is 5.31. The summed E-state index contributed by atoms with van der Waals surface area (Å²) in [5.41, 5.74) is 0.727. The van der Waals surface area contributed by atoms with Gasteiger partial charge in [0.25, 0.3) is 5.56 Å². The first-order chi connectivity index (χ1) is 12.1. The molecule has 1 aromatic heterocycles. The van der Waals surface area contributed by atoms with E-state index in [1.807, 2.05) is 24.3 Å². The van der Waals surface area contributed by atoms with Crippen molar-refractivity contribution in [2.24, 2.45) is 5.92 Å². The number of aromatic nitrogens is 2. The summed E-state index contributed by atoms with van der Waals surface area (Å²) in [6, 6.07) is 7.71. The second kappa shape index (κ2) is 7.95. The van der Waals surface area contributed by atoms with Crippen molar-refractivity contribution in [1.82, 2.24) is 14.9 Å². The van der Waals surface area contributed by atoms with Crippen molar-refractivity contribution in [3.63, 3.8) is 0 Å². The van der Waals surface area contributed by atoms with Gasteiger partial charge in [0.2, 0.25) is 5.91 Å². The van der Waals surface area contributed by atoms with Crippen molar-refractivity contribution in [2.45, 2.75) is 58.0 Å². The van der Waals surface area contributed by atoms with Gasteiger partial charge in [-0.15, -0.1) is 0 Å². The molecule has 0 spiro atoms. The van der Waals surface area contributed by atoms with Gasteiger partial charge in [-0.05, 0) is 62.9 Å². The maximum Gasteiger partial charge on any atom is 0.262 e. The molecule has 1 aromatic carbocycles. The average molecular weight is 359 g/mol. The summed E-state index contributed by atoms with van der Waals surface area (Å²) in [6.45, 7) is 2.67. The second-order valence-electron chi connectivity index (χ2n) is 6.94. The van der Waals surface area contributed by atoms with Crippen LogP contribution < -0.4 is 10.9 Å². The fourth-order valence-corrected chi connectivity index (χ4v) is 3.46. The SMILES string of the molecule is C[C@H](NC(=O)CCCCCn1c(=S)[nH]c2ccccc2c1=O)C1CC1. The van der Waals surface area contributed by atoms with Crippen LogP contribution in [0.15, 0.2) is 29.1 Å². The number of nitrogens with one attached hydrogen (secondary N) is 2. The molecule has 0 aliphatic heterocycles. The first kappa shape index (κ1) is 17.9. The zero-order valence-corrected chi connectivity index (χ0v) is 15.4. The fraction of sp³-hybridized carbons (Fsp3) is 0.526. The fourth-order valence-electron chi connectivity index (χ4n) is 3.17. The summed E-state index contributed by atoms with van der Waals surface area (Å²) in [7, 11) is 0. The molecular formula is C19H25N3O2S. The molecule has 1 aliphatic carbocycles. The Labute approximate surface area is 152 Å². The minimum Gasteiger partial charge on any atom is -0.353 e. The number of carbonyl (C=O) groups excluding carboxylic acids is 1. The molecule has 1 amide bonds. The molecule has 6 heteroatoms. The van der Waals surface area contributed by atoms with Gasteiger partial charge in [0, 0.05) is 19.0 Å². The molecule has 0 unspecified atom stereocenters. The van der Waals surface area contributed by atoms with Gasteiger partial charge < -0.3 is 10.3 Å². The van der Waals surface area contributed by atoms with Crippen LogP contribution in [0.1, 0.15) is 45.4 Å². The van der Waals surface area contributed by atoms with Crippen LogP contribution in [0, 0.1) is 10.7 Å². The quantitative estimate of drug-likeness (QED) is 0.560. The maximum absolute atomic E-state index is 12.5. The number of carbonyl (C=O) groups is 1. The van der Waals surface area contributed by atoms with E-state index in [2.05, 4.69) is 17.2 Å². The zero-order valence-electron chi connectivity index (χ0n) is 14.6. The molecule has 1 aliphatic rings. The molecule has 2 aromatic rings. The highest BCUT2D eigenvalue weighted by atomic mass is 32.1. The summed E-state index contributed by atoms with van der Waals surface area (Å²) in [6.07, 6.45) is 5.60. The maximum atomic E-state index is 12.5. The van der Waals surface area contributed by atoms with E-state index in [9.17, 15) is 9.59 Å². The molecule has 2 N–H and O–H groups in total. The molecule has 1 saturated carbocycles. The predicted molar refractivity (Wildman–Crippen MR) is 102 cm³/mol. The van der Waals surface area contributed by atoms with Gasteiger partial charge >= 0.3 is 0 Å². The number of unbranched alkanes of at least 4 members (excludes halogenated alkanes) is 2. The normalized spacial score (nSPS) is 15.2. The summed E-state index contributed by atoms with van der Waals surface area (Å²) in [5, 5.41) is 3.73. The van der Waals surface area contributed by atoms with Gasteiger partial charge in [0.1, 0.15) is 0 Å². The number of amides is 1. The molecule has 5 nitrogen and oxygen atoms in total. The zero-order chi connectivity index (χ0) is 17.8. The second-order valence-corrected chi connectivity index (χ2v) is 7.32. The molecule has 0 saturated heterocycles. The van der Waals surface area contributed by atoms with Crippen molar-refractivity contribution in [2.75, 3.05) is 0 Å². The Kier molecular flexibility index (Phi) is 5.68. The Morgan fingerprint density at radius 3 is 2.84 bits per heavy atom. The van der Waals surface area contributed by atoms with Crippen LogP contribution in [0.2, 0.25) is 0 Å². The number of H-pyrrole nitrogens is 1. The van der Waals surface area contributed by atoms with Crippen LogP contribution in [-0.2, 0) is 11.3 Å². The molecule has 1 fully saturated rings. The van der Waals surface area contributed by atoms with Crippen molar-refractivity contribution in [3.8, 4) is 0 Å². The lowest BCUT2D eigenvalue weighted by Crippen LogP contribution is -2.33. The first-order valence-corrected chi connectivity index (χ1v) is 9.48. The lowest BCUT2D eigenvalue weighted by molar-refractivity contribution is -0.121. The molecule has 0 bridgehead atoms. The van der Waals surface area contributed by atoms with Crippen LogP contribution in [0.5, 0.6) is 0 Å². The molecular weight excluding hydrogens is 334 g/mol. The third-order valence-electron chi connectivity index (χ3n) is 4.89. The number of aromatic amines is 1. The van der Waals surface area contributed by atoms with E-state index in [1.54, 1.807) is 4.57 Å². The number of benzene rings is 1. The minimum absolute atomic E-state index is 0.0460. The van der Waals surface area contributed by atoms with E-state index < -0.39 is 0 Å². The molecule has 1 heterocycles. The largest absolute Gasteiger partial charge is 0.353 e. The Morgan fingerprint density at radius 2 is 2.08 bits per heavy atom. The summed E-state index contributed by atoms with van der Waals surface area (Å²) in [4.78, 5) is 27.5. The van der Waals surface area contributed by atoms with Crippen LogP contribution in [0.3, 0.4) is 0 Å². The molecule has 1 atom stereocenters. The number of nitrogens with zero attached hydrogens (tertiary/aromatic N) is 1. The Balaban J connectivity index is 1.47. The van der Waals surface area contributed by atoms with Crippen molar-refractivity contribution >= 4 is 29.0 Å². The highest BCUT2D eigenvalue weighted by Gasteiger charge is 2.28. The van der Waals surface area contributed by atoms with E-state index in [1.165, 1.54) is 12.8 Å². The average Bonchev–Trinajstić information content (AvgIpc) is 3.42. The van der Waals surface area contributed by atoms with E-state index in [-0.39, 0.29) is 11.5 Å². The highest BCUT2D eigenvalue weighted by Crippen LogP contribution is 2.32. The monoisotopic (exact) mass is 359 g/mol. The standard InChI is InChI=1S/C19H25N3O2S/c1-13(14-10-11-14)20-17(23)9-3-2-6-12-22-18(24)15-7-4-5-8-16(15)21-19(22)25/h4-5,7-8,13-14H,2-3,6,9-12H2,1H3,(H,20,23)(H,21,25)/t13-/m0/s1. The van der Waals surface area contributed by atoms with Crippen molar-refractivity contribution in [1.29, 1.82) is 0 Å². The summed E-state index contributed by atoms with van der Waals surface area (Å²) in [5.74, 6) is 0.824. The third-order valence-corrected chi connectivity index (χ3v) is 5.22. The Bertz CT molecular complexity index is 867. The number of hydrogen-bond acceptors (Lipinski definition) is 3. The van der Waals surface area contributed by atoms with Crippen molar-refractivity contribution in [3.05, 3.63) is 39.4 Å². The molecule has 25 heavy (non-hydrogen) atoms. The smallest absolute Gasteiger partial charge is 0.262 e. The Morgan fingerprint density at radius 1 is 1.32 bits per heavy atom. The van der Waals surface area contributed by atoms with Crippen LogP contribution in [0.25, 0.3) is 10.9 Å². The number of rotatable bonds is 8. The van der Waals surface area contributed by atoms with Gasteiger partial charge in [0.15, 0.2) is 4.77 Å². The highest BCUT2D eigenvalue weighted by molar-refractivity contribution is 7.71. The molecule has 3 rings (SSSR count). The first-order valence-electron chi connectivity index (χ1n) is 9.07. The lowest BCUT2D eigenvalue weighted by atomic mass is 10.1. The van der Waals surface area contributed by atoms with E-state index in [4.69, 9.17) is 12.2 Å². The van der Waals surface area contributed by atoms with E-state index in [0.717, 1.165) is 24.8 Å². The lowest BCUT2D eigenvalue weighted by Gasteiger charge is -2.12. The van der Waals surface area contributed by atoms with Crippen molar-refractivity contribution < 1.29 is 4.79 Å². The van der Waals surface area contributed by atoms with Gasteiger partial charge in [-0.3, -0.25) is 14.2 Å². The van der Waals surface area contributed by atoms with E-state index >= 15 is 0 Å². The van der Waals surface area contributed by atoms with Crippen LogP contribution >= 0.6 is 12.2 Å². The van der Waals surface area contributed by atoms with Crippen LogP contribution in [-0.4, -0.2) is 21.5 Å². The summed E-state index contributed by atoms with van der Waals surface area (Å²) < 4.78 is 2.08. The van der Waals surface area contributed by atoms with Gasteiger partial charge in [-0.2, -0.15) is 0 Å². The number of hydrogen-bond donors (Lipinski definition) is 2. The topological polar surface area (TPSA) is 66.9 Å². The minimum atomic E-state index is -0.0460. The third kappa shape index (κ3) is 4.57. The van der Waals surface area contributed by atoms with Gasteiger partial charge in [0.05, 0.1) is 10.9 Å². The Hall–Kier alpha value is -1.95. The number of fused-ring (bicyclic) bond motifs is 1. The van der Waals surface area contributed by atoms with Crippen LogP contribution in [0.4, 0.5) is 0 Å². The molecule has 134 valence electrons. The van der Waals surface area contributed by atoms with Gasteiger partial charge in [-0.1, -0.05) is 18.6 Å². The number of para-hydroxylation sites is 1. The van der Waals surface area contributed by atoms with Gasteiger partial charge in [-0.25, -0.2) is 0 Å². The predicted octanol–water partition coefficient (Wildman–Crippen LogP) is 3.53.